The first-order valence-corrected chi connectivity index (χ1v) is 13.4. The molecule has 4 aromatic rings. The number of nitrogens with zero attached hydrogens (tertiary/aromatic N) is 3. The van der Waals surface area contributed by atoms with Gasteiger partial charge in [0, 0.05) is 11.4 Å². The molecular formula is C29H32N4O3S. The van der Waals surface area contributed by atoms with Crippen molar-refractivity contribution >= 4 is 23.4 Å². The van der Waals surface area contributed by atoms with Gasteiger partial charge in [-0.3, -0.25) is 9.36 Å². The summed E-state index contributed by atoms with van der Waals surface area (Å²) in [4.78, 5) is 12.7. The Balaban J connectivity index is 1.47. The molecule has 0 unspecified atom stereocenters. The van der Waals surface area contributed by atoms with Crippen LogP contribution in [0.5, 0.6) is 11.5 Å². The third-order valence-corrected chi connectivity index (χ3v) is 6.85. The molecule has 1 heterocycles. The maximum atomic E-state index is 12.7. The second-order valence-corrected chi connectivity index (χ2v) is 9.47. The van der Waals surface area contributed by atoms with Crippen LogP contribution in [0, 0.1) is 0 Å². The maximum Gasteiger partial charge on any atom is 0.234 e. The molecule has 0 saturated carbocycles. The molecule has 0 aliphatic rings. The van der Waals surface area contributed by atoms with E-state index in [0.717, 1.165) is 29.3 Å². The number of hydrogen-bond donors (Lipinski definition) is 1. The highest BCUT2D eigenvalue weighted by Crippen LogP contribution is 2.26. The standard InChI is InChI=1S/C29H32N4O3S/c1-4-21(3)22-11-13-23(14-12-22)30-28(34)20-37-29-32-31-27(19-36-25-9-7-6-8-10-25)33(29)24-15-17-26(18-16-24)35-5-2/h6-18,21H,4-5,19-20H2,1-3H3,(H,30,34)/t21-/m1/s1. The van der Waals surface area contributed by atoms with E-state index < -0.39 is 0 Å². The van der Waals surface area contributed by atoms with Crippen molar-refractivity contribution in [1.82, 2.24) is 14.8 Å². The molecule has 3 aromatic carbocycles. The average Bonchev–Trinajstić information content (AvgIpc) is 3.34. The highest BCUT2D eigenvalue weighted by atomic mass is 32.2. The van der Waals surface area contributed by atoms with Crippen molar-refractivity contribution in [3.8, 4) is 17.2 Å². The van der Waals surface area contributed by atoms with Gasteiger partial charge in [-0.15, -0.1) is 10.2 Å². The van der Waals surface area contributed by atoms with Crippen molar-refractivity contribution in [2.75, 3.05) is 17.7 Å². The van der Waals surface area contributed by atoms with E-state index in [1.807, 2.05) is 78.2 Å². The Morgan fingerprint density at radius 2 is 1.62 bits per heavy atom. The topological polar surface area (TPSA) is 78.3 Å². The molecule has 0 spiro atoms. The van der Waals surface area contributed by atoms with Gasteiger partial charge in [0.05, 0.1) is 12.4 Å². The van der Waals surface area contributed by atoms with Gasteiger partial charge in [0.2, 0.25) is 5.91 Å². The van der Waals surface area contributed by atoms with Crippen LogP contribution in [0.4, 0.5) is 5.69 Å². The largest absolute Gasteiger partial charge is 0.494 e. The highest BCUT2D eigenvalue weighted by Gasteiger charge is 2.17. The third kappa shape index (κ3) is 7.13. The van der Waals surface area contributed by atoms with Gasteiger partial charge in [0.25, 0.3) is 0 Å². The van der Waals surface area contributed by atoms with E-state index in [2.05, 4.69) is 41.5 Å². The number of hydrogen-bond acceptors (Lipinski definition) is 6. The van der Waals surface area contributed by atoms with Crippen LogP contribution < -0.4 is 14.8 Å². The van der Waals surface area contributed by atoms with Crippen molar-refractivity contribution < 1.29 is 14.3 Å². The van der Waals surface area contributed by atoms with Crippen LogP contribution in [0.1, 0.15) is 44.5 Å². The lowest BCUT2D eigenvalue weighted by atomic mass is 9.99. The number of ether oxygens (including phenoxy) is 2. The minimum absolute atomic E-state index is 0.107. The fraction of sp³-hybridized carbons (Fsp3) is 0.276. The Kier molecular flexibility index (Phi) is 9.21. The third-order valence-electron chi connectivity index (χ3n) is 5.93. The molecule has 7 nitrogen and oxygen atoms in total. The molecule has 0 bridgehead atoms. The molecule has 0 saturated heterocycles. The lowest BCUT2D eigenvalue weighted by molar-refractivity contribution is -0.113. The SMILES string of the molecule is CCOc1ccc(-n2c(COc3ccccc3)nnc2SCC(=O)Nc2ccc([C@H](C)CC)cc2)cc1. The quantitative estimate of drug-likeness (QED) is 0.217. The molecule has 0 aliphatic heterocycles. The van der Waals surface area contributed by atoms with Crippen molar-refractivity contribution in [2.24, 2.45) is 0 Å². The lowest BCUT2D eigenvalue weighted by Crippen LogP contribution is -2.15. The normalized spacial score (nSPS) is 11.6. The number of benzene rings is 3. The number of anilines is 1. The zero-order chi connectivity index (χ0) is 26.0. The molecule has 1 aromatic heterocycles. The monoisotopic (exact) mass is 516 g/mol. The highest BCUT2D eigenvalue weighted by molar-refractivity contribution is 7.99. The first-order chi connectivity index (χ1) is 18.1. The first-order valence-electron chi connectivity index (χ1n) is 12.4. The van der Waals surface area contributed by atoms with Crippen LogP contribution in [-0.4, -0.2) is 33.0 Å². The van der Waals surface area contributed by atoms with Crippen molar-refractivity contribution in [3.05, 3.63) is 90.3 Å². The maximum absolute atomic E-state index is 12.7. The number of para-hydroxylation sites is 1. The minimum Gasteiger partial charge on any atom is -0.494 e. The van der Waals surface area contributed by atoms with Gasteiger partial charge in [-0.05, 0) is 73.4 Å². The molecule has 0 radical (unpaired) electrons. The Morgan fingerprint density at radius 3 is 2.30 bits per heavy atom. The number of thioether (sulfide) groups is 1. The van der Waals surface area contributed by atoms with Crippen LogP contribution in [0.2, 0.25) is 0 Å². The van der Waals surface area contributed by atoms with E-state index in [9.17, 15) is 4.79 Å². The summed E-state index contributed by atoms with van der Waals surface area (Å²) in [6.07, 6.45) is 1.08. The summed E-state index contributed by atoms with van der Waals surface area (Å²) >= 11 is 1.33. The molecule has 1 amide bonds. The fourth-order valence-electron chi connectivity index (χ4n) is 3.73. The van der Waals surface area contributed by atoms with Gasteiger partial charge in [0.1, 0.15) is 18.1 Å². The zero-order valence-corrected chi connectivity index (χ0v) is 22.2. The predicted molar refractivity (Wildman–Crippen MR) is 148 cm³/mol. The molecule has 0 fully saturated rings. The summed E-state index contributed by atoms with van der Waals surface area (Å²) in [6, 6.07) is 25.3. The van der Waals surface area contributed by atoms with Gasteiger partial charge in [0.15, 0.2) is 11.0 Å². The van der Waals surface area contributed by atoms with E-state index in [1.54, 1.807) is 0 Å². The van der Waals surface area contributed by atoms with Gasteiger partial charge >= 0.3 is 0 Å². The van der Waals surface area contributed by atoms with Gasteiger partial charge in [-0.25, -0.2) is 0 Å². The number of carbonyl (C=O) groups is 1. The Morgan fingerprint density at radius 1 is 0.919 bits per heavy atom. The smallest absolute Gasteiger partial charge is 0.234 e. The Labute approximate surface area is 222 Å². The van der Waals surface area contributed by atoms with Gasteiger partial charge in [-0.1, -0.05) is 55.9 Å². The number of aromatic nitrogens is 3. The number of amides is 1. The molecule has 192 valence electrons. The molecule has 4 rings (SSSR count). The molecular weight excluding hydrogens is 484 g/mol. The molecule has 37 heavy (non-hydrogen) atoms. The van der Waals surface area contributed by atoms with Crippen molar-refractivity contribution in [3.63, 3.8) is 0 Å². The molecule has 1 atom stereocenters. The van der Waals surface area contributed by atoms with E-state index in [0.29, 0.717) is 23.5 Å². The van der Waals surface area contributed by atoms with Crippen molar-refractivity contribution in [1.29, 1.82) is 0 Å². The lowest BCUT2D eigenvalue weighted by Gasteiger charge is -2.12. The van der Waals surface area contributed by atoms with Gasteiger partial charge < -0.3 is 14.8 Å². The Hall–Kier alpha value is -3.78. The predicted octanol–water partition coefficient (Wildman–Crippen LogP) is 6.49. The van der Waals surface area contributed by atoms with Crippen LogP contribution >= 0.6 is 11.8 Å². The first kappa shape index (κ1) is 26.3. The summed E-state index contributed by atoms with van der Waals surface area (Å²) < 4.78 is 13.4. The van der Waals surface area contributed by atoms with Crippen LogP contribution in [0.25, 0.3) is 5.69 Å². The number of rotatable bonds is 12. The summed E-state index contributed by atoms with van der Waals surface area (Å²) in [5, 5.41) is 12.3. The fourth-order valence-corrected chi connectivity index (χ4v) is 4.50. The number of carbonyl (C=O) groups excluding carboxylic acids is 1. The summed E-state index contributed by atoms with van der Waals surface area (Å²) in [5.41, 5.74) is 2.91. The second-order valence-electron chi connectivity index (χ2n) is 8.53. The van der Waals surface area contributed by atoms with Gasteiger partial charge in [-0.2, -0.15) is 0 Å². The van der Waals surface area contributed by atoms with Crippen molar-refractivity contribution in [2.45, 2.75) is 44.9 Å². The van der Waals surface area contributed by atoms with Crippen LogP contribution in [0.3, 0.4) is 0 Å². The van der Waals surface area contributed by atoms with E-state index >= 15 is 0 Å². The summed E-state index contributed by atoms with van der Waals surface area (Å²) in [5.74, 6) is 2.75. The van der Waals surface area contributed by atoms with Crippen LogP contribution in [-0.2, 0) is 11.4 Å². The molecule has 8 heteroatoms. The van der Waals surface area contributed by atoms with E-state index in [-0.39, 0.29) is 18.3 Å². The van der Waals surface area contributed by atoms with Crippen LogP contribution in [0.15, 0.2) is 84.0 Å². The summed E-state index contributed by atoms with van der Waals surface area (Å²) in [6.45, 7) is 7.15. The van der Waals surface area contributed by atoms with E-state index in [1.165, 1.54) is 17.3 Å². The zero-order valence-electron chi connectivity index (χ0n) is 21.4. The second kappa shape index (κ2) is 13.0. The summed E-state index contributed by atoms with van der Waals surface area (Å²) in [7, 11) is 0. The van der Waals surface area contributed by atoms with E-state index in [4.69, 9.17) is 9.47 Å². The minimum atomic E-state index is -0.107. The Bertz CT molecular complexity index is 1280. The number of nitrogens with one attached hydrogen (secondary N) is 1. The molecule has 1 N–H and O–H groups in total. The average molecular weight is 517 g/mol. The molecule has 0 aliphatic carbocycles.